The van der Waals surface area contributed by atoms with Crippen molar-refractivity contribution in [2.75, 3.05) is 26.2 Å². The lowest BCUT2D eigenvalue weighted by molar-refractivity contribution is -0.140. The molecule has 1 aliphatic heterocycles. The minimum absolute atomic E-state index is 0.000681. The van der Waals surface area contributed by atoms with Gasteiger partial charge in [-0.15, -0.1) is 11.3 Å². The Kier molecular flexibility index (Phi) is 5.57. The molecule has 0 bridgehead atoms. The molecule has 4 rings (SSSR count). The third-order valence-corrected chi connectivity index (χ3v) is 6.63. The first-order valence-electron chi connectivity index (χ1n) is 9.81. The van der Waals surface area contributed by atoms with Gasteiger partial charge in [-0.1, -0.05) is 36.4 Å². The summed E-state index contributed by atoms with van der Waals surface area (Å²) >= 11 is 1.72. The lowest BCUT2D eigenvalue weighted by atomic mass is 10.1. The second kappa shape index (κ2) is 8.27. The van der Waals surface area contributed by atoms with Crippen molar-refractivity contribution in [3.63, 3.8) is 0 Å². The van der Waals surface area contributed by atoms with E-state index in [1.54, 1.807) is 28.4 Å². The molecular weight excluding hydrogens is 372 g/mol. The predicted molar refractivity (Wildman–Crippen MR) is 108 cm³/mol. The highest BCUT2D eigenvalue weighted by molar-refractivity contribution is 7.10. The van der Waals surface area contributed by atoms with Crippen LogP contribution < -0.4 is 0 Å². The number of hydrogen-bond acceptors (Lipinski definition) is 4. The third-order valence-electron chi connectivity index (χ3n) is 5.62. The Balaban J connectivity index is 1.21. The number of carbonyl (C=O) groups excluding carboxylic acids is 3. The Morgan fingerprint density at radius 2 is 1.61 bits per heavy atom. The summed E-state index contributed by atoms with van der Waals surface area (Å²) in [6.07, 6.45) is 1.40. The van der Waals surface area contributed by atoms with Gasteiger partial charge in [0, 0.05) is 61.3 Å². The Hall–Kier alpha value is -2.47. The molecule has 0 spiro atoms. The fourth-order valence-corrected chi connectivity index (χ4v) is 4.75. The molecule has 2 unspecified atom stereocenters. The van der Waals surface area contributed by atoms with Crippen molar-refractivity contribution < 1.29 is 14.4 Å². The van der Waals surface area contributed by atoms with E-state index in [0.717, 1.165) is 6.42 Å². The molecule has 28 heavy (non-hydrogen) atoms. The van der Waals surface area contributed by atoms with Crippen molar-refractivity contribution in [3.05, 3.63) is 58.3 Å². The van der Waals surface area contributed by atoms with Gasteiger partial charge in [0.25, 0.3) is 0 Å². The normalized spacial score (nSPS) is 21.4. The van der Waals surface area contributed by atoms with Gasteiger partial charge in [-0.2, -0.15) is 0 Å². The standard InChI is InChI=1S/C22H24N2O3S/c25-19(16-5-2-1-3-6-16)8-9-21(26)23-10-12-24(13-11-23)22(27)18-15-17(18)20-7-4-14-28-20/h1-7,14,17-18H,8-13,15H2. The molecule has 2 aromatic rings. The lowest BCUT2D eigenvalue weighted by Gasteiger charge is -2.35. The van der Waals surface area contributed by atoms with Gasteiger partial charge >= 0.3 is 0 Å². The number of thiophene rings is 1. The van der Waals surface area contributed by atoms with Crippen molar-refractivity contribution in [3.8, 4) is 0 Å². The number of ketones is 1. The molecule has 146 valence electrons. The Morgan fingerprint density at radius 1 is 0.893 bits per heavy atom. The average molecular weight is 397 g/mol. The summed E-state index contributed by atoms with van der Waals surface area (Å²) in [5.74, 6) is 0.723. The van der Waals surface area contributed by atoms with Crippen LogP contribution in [0.3, 0.4) is 0 Å². The van der Waals surface area contributed by atoms with E-state index < -0.39 is 0 Å². The Morgan fingerprint density at radius 3 is 2.29 bits per heavy atom. The molecule has 2 heterocycles. The van der Waals surface area contributed by atoms with Crippen molar-refractivity contribution >= 4 is 28.9 Å². The van der Waals surface area contributed by atoms with E-state index >= 15 is 0 Å². The molecular formula is C22H24N2O3S. The zero-order chi connectivity index (χ0) is 19.5. The number of rotatable bonds is 6. The largest absolute Gasteiger partial charge is 0.339 e. The minimum Gasteiger partial charge on any atom is -0.339 e. The lowest BCUT2D eigenvalue weighted by Crippen LogP contribution is -2.51. The van der Waals surface area contributed by atoms with E-state index in [2.05, 4.69) is 11.4 Å². The minimum atomic E-state index is -0.00360. The van der Waals surface area contributed by atoms with Gasteiger partial charge in [-0.3, -0.25) is 14.4 Å². The van der Waals surface area contributed by atoms with Crippen LogP contribution in [0.4, 0.5) is 0 Å². The smallest absolute Gasteiger partial charge is 0.226 e. The first-order valence-corrected chi connectivity index (χ1v) is 10.7. The molecule has 1 aromatic heterocycles. The zero-order valence-corrected chi connectivity index (χ0v) is 16.6. The molecule has 1 aromatic carbocycles. The second-order valence-electron chi connectivity index (χ2n) is 7.46. The number of carbonyl (C=O) groups is 3. The summed E-state index contributed by atoms with van der Waals surface area (Å²) in [5.41, 5.74) is 0.649. The first kappa shape index (κ1) is 18.9. The molecule has 2 amide bonds. The van der Waals surface area contributed by atoms with Gasteiger partial charge in [0.2, 0.25) is 11.8 Å². The third kappa shape index (κ3) is 4.17. The molecule has 2 atom stereocenters. The fraction of sp³-hybridized carbons (Fsp3) is 0.409. The molecule has 2 fully saturated rings. The van der Waals surface area contributed by atoms with Gasteiger partial charge < -0.3 is 9.80 Å². The summed E-state index contributed by atoms with van der Waals surface area (Å²) < 4.78 is 0. The number of piperazine rings is 1. The molecule has 2 aliphatic rings. The van der Waals surface area contributed by atoms with Gasteiger partial charge in [-0.25, -0.2) is 0 Å². The fourth-order valence-electron chi connectivity index (χ4n) is 3.84. The average Bonchev–Trinajstić information content (AvgIpc) is 3.36. The summed E-state index contributed by atoms with van der Waals surface area (Å²) in [5, 5.41) is 2.06. The Bertz CT molecular complexity index is 842. The van der Waals surface area contributed by atoms with Crippen LogP contribution >= 0.6 is 11.3 Å². The maximum Gasteiger partial charge on any atom is 0.226 e. The van der Waals surface area contributed by atoms with E-state index in [1.165, 1.54) is 4.88 Å². The van der Waals surface area contributed by atoms with Crippen molar-refractivity contribution in [2.24, 2.45) is 5.92 Å². The highest BCUT2D eigenvalue weighted by atomic mass is 32.1. The van der Waals surface area contributed by atoms with Crippen LogP contribution in [0.5, 0.6) is 0 Å². The van der Waals surface area contributed by atoms with Crippen molar-refractivity contribution in [1.82, 2.24) is 9.80 Å². The van der Waals surface area contributed by atoms with Crippen LogP contribution in [0, 0.1) is 5.92 Å². The molecule has 1 saturated carbocycles. The van der Waals surface area contributed by atoms with Gasteiger partial charge in [0.1, 0.15) is 0 Å². The second-order valence-corrected chi connectivity index (χ2v) is 8.44. The number of hydrogen-bond donors (Lipinski definition) is 0. The molecule has 1 saturated heterocycles. The molecule has 0 radical (unpaired) electrons. The summed E-state index contributed by atoms with van der Waals surface area (Å²) in [7, 11) is 0. The number of benzene rings is 1. The van der Waals surface area contributed by atoms with Gasteiger partial charge in [0.05, 0.1) is 0 Å². The van der Waals surface area contributed by atoms with Crippen LogP contribution in [0.2, 0.25) is 0 Å². The highest BCUT2D eigenvalue weighted by Gasteiger charge is 2.46. The summed E-state index contributed by atoms with van der Waals surface area (Å²) in [4.78, 5) is 42.3. The van der Waals surface area contributed by atoms with E-state index in [0.29, 0.717) is 37.7 Å². The van der Waals surface area contributed by atoms with E-state index in [-0.39, 0.29) is 36.4 Å². The van der Waals surface area contributed by atoms with E-state index in [4.69, 9.17) is 0 Å². The monoisotopic (exact) mass is 396 g/mol. The van der Waals surface area contributed by atoms with Crippen molar-refractivity contribution in [1.29, 1.82) is 0 Å². The van der Waals surface area contributed by atoms with Crippen LogP contribution in [-0.2, 0) is 9.59 Å². The van der Waals surface area contributed by atoms with E-state index in [1.807, 2.05) is 29.2 Å². The topological polar surface area (TPSA) is 57.7 Å². The van der Waals surface area contributed by atoms with E-state index in [9.17, 15) is 14.4 Å². The highest BCUT2D eigenvalue weighted by Crippen LogP contribution is 2.50. The molecule has 1 aliphatic carbocycles. The number of nitrogens with zero attached hydrogens (tertiary/aromatic N) is 2. The van der Waals surface area contributed by atoms with Crippen LogP contribution in [0.25, 0.3) is 0 Å². The maximum atomic E-state index is 12.7. The van der Waals surface area contributed by atoms with Gasteiger partial charge in [-0.05, 0) is 17.9 Å². The molecule has 6 heteroatoms. The number of amides is 2. The predicted octanol–water partition coefficient (Wildman–Crippen LogP) is 3.19. The Labute approximate surface area is 169 Å². The van der Waals surface area contributed by atoms with Gasteiger partial charge in [0.15, 0.2) is 5.78 Å². The molecule has 0 N–H and O–H groups in total. The van der Waals surface area contributed by atoms with Crippen LogP contribution in [0.15, 0.2) is 47.8 Å². The maximum absolute atomic E-state index is 12.7. The first-order chi connectivity index (χ1) is 13.6. The molecule has 5 nitrogen and oxygen atoms in total. The van der Waals surface area contributed by atoms with Crippen molar-refractivity contribution in [2.45, 2.75) is 25.2 Å². The number of Topliss-reactive ketones (excluding diaryl/α,β-unsaturated/α-hetero) is 1. The quantitative estimate of drug-likeness (QED) is 0.705. The summed E-state index contributed by atoms with van der Waals surface area (Å²) in [6, 6.07) is 13.2. The van der Waals surface area contributed by atoms with Crippen LogP contribution in [0.1, 0.15) is 40.4 Å². The SMILES string of the molecule is O=C(CCC(=O)N1CCN(C(=O)C2CC2c2cccs2)CC1)c1ccccc1. The summed E-state index contributed by atoms with van der Waals surface area (Å²) in [6.45, 7) is 2.29. The van der Waals surface area contributed by atoms with Crippen LogP contribution in [-0.4, -0.2) is 53.6 Å². The zero-order valence-electron chi connectivity index (χ0n) is 15.8.